The van der Waals surface area contributed by atoms with E-state index >= 15 is 0 Å². The fourth-order valence-electron chi connectivity index (χ4n) is 1.23. The lowest BCUT2D eigenvalue weighted by Crippen LogP contribution is -2.21. The van der Waals surface area contributed by atoms with Gasteiger partial charge in [-0.25, -0.2) is 0 Å². The van der Waals surface area contributed by atoms with Crippen molar-refractivity contribution in [2.24, 2.45) is 5.92 Å². The molecule has 0 fully saturated rings. The number of hydrogen-bond acceptors (Lipinski definition) is 3. The van der Waals surface area contributed by atoms with Gasteiger partial charge in [0.2, 0.25) is 5.91 Å². The molecule has 14 heavy (non-hydrogen) atoms. The van der Waals surface area contributed by atoms with Crippen LogP contribution >= 0.6 is 12.6 Å². The molecule has 0 aliphatic heterocycles. The maximum Gasteiger partial charge on any atom is 0.233 e. The topological polar surface area (TPSA) is 39.1 Å². The van der Waals surface area contributed by atoms with Gasteiger partial charge in [-0.1, -0.05) is 6.92 Å². The fraction of sp³-hybridized carbons (Fsp3) is 0.400. The highest BCUT2D eigenvalue weighted by Gasteiger charge is 2.16. The Morgan fingerprint density at radius 3 is 2.43 bits per heavy atom. The van der Waals surface area contributed by atoms with Crippen molar-refractivity contribution in [1.29, 1.82) is 0 Å². The van der Waals surface area contributed by atoms with Crippen molar-refractivity contribution in [3.63, 3.8) is 0 Å². The van der Waals surface area contributed by atoms with E-state index in [1.54, 1.807) is 31.5 Å². The van der Waals surface area contributed by atoms with Crippen LogP contribution in [0.25, 0.3) is 0 Å². The molecule has 4 heteroatoms. The van der Waals surface area contributed by atoms with Crippen molar-refractivity contribution in [2.75, 3.05) is 5.75 Å². The molecule has 0 aromatic carbocycles. The summed E-state index contributed by atoms with van der Waals surface area (Å²) in [7, 11) is 0. The highest BCUT2D eigenvalue weighted by molar-refractivity contribution is 7.81. The standard InChI is InChI=1S/C10H13NO2S/c1-8(6-9(12)7-14)10(13)11-4-2-3-5-11/h2-5,8,14H,6-7H2,1H3. The van der Waals surface area contributed by atoms with Crippen molar-refractivity contribution in [1.82, 2.24) is 4.57 Å². The molecule has 76 valence electrons. The van der Waals surface area contributed by atoms with Gasteiger partial charge in [0.25, 0.3) is 0 Å². The van der Waals surface area contributed by atoms with Crippen molar-refractivity contribution >= 4 is 24.3 Å². The molecule has 1 heterocycles. The van der Waals surface area contributed by atoms with Crippen LogP contribution in [0.2, 0.25) is 0 Å². The lowest BCUT2D eigenvalue weighted by Gasteiger charge is -2.08. The molecule has 0 bridgehead atoms. The summed E-state index contributed by atoms with van der Waals surface area (Å²) < 4.78 is 1.50. The first-order valence-electron chi connectivity index (χ1n) is 4.45. The molecule has 0 radical (unpaired) electrons. The first-order chi connectivity index (χ1) is 6.65. The highest BCUT2D eigenvalue weighted by atomic mass is 32.1. The van der Waals surface area contributed by atoms with Crippen LogP contribution in [-0.4, -0.2) is 22.0 Å². The second kappa shape index (κ2) is 5.00. The van der Waals surface area contributed by atoms with E-state index in [1.165, 1.54) is 4.57 Å². The Hall–Kier alpha value is -1.03. The number of nitrogens with zero attached hydrogens (tertiary/aromatic N) is 1. The Balaban J connectivity index is 2.58. The summed E-state index contributed by atoms with van der Waals surface area (Å²) in [6.07, 6.45) is 3.63. The number of Topliss-reactive ketones (excluding diaryl/α,β-unsaturated/α-hetero) is 1. The van der Waals surface area contributed by atoms with Gasteiger partial charge in [-0.05, 0) is 12.1 Å². The molecule has 1 aromatic heterocycles. The van der Waals surface area contributed by atoms with Crippen molar-refractivity contribution in [3.05, 3.63) is 24.5 Å². The minimum Gasteiger partial charge on any atom is -0.299 e. The van der Waals surface area contributed by atoms with E-state index in [0.29, 0.717) is 0 Å². The number of carbonyl (C=O) groups is 2. The van der Waals surface area contributed by atoms with Crippen LogP contribution in [0.15, 0.2) is 24.5 Å². The monoisotopic (exact) mass is 211 g/mol. The van der Waals surface area contributed by atoms with Crippen molar-refractivity contribution < 1.29 is 9.59 Å². The van der Waals surface area contributed by atoms with Gasteiger partial charge < -0.3 is 0 Å². The van der Waals surface area contributed by atoms with Gasteiger partial charge >= 0.3 is 0 Å². The third-order valence-electron chi connectivity index (χ3n) is 1.99. The number of hydrogen-bond donors (Lipinski definition) is 1. The molecule has 0 aliphatic rings. The van der Waals surface area contributed by atoms with Crippen LogP contribution in [-0.2, 0) is 4.79 Å². The third-order valence-corrected chi connectivity index (χ3v) is 2.34. The van der Waals surface area contributed by atoms with E-state index in [0.717, 1.165) is 0 Å². The summed E-state index contributed by atoms with van der Waals surface area (Å²) in [4.78, 5) is 22.7. The largest absolute Gasteiger partial charge is 0.299 e. The summed E-state index contributed by atoms with van der Waals surface area (Å²) in [5.74, 6) is -0.128. The van der Waals surface area contributed by atoms with Crippen molar-refractivity contribution in [3.8, 4) is 0 Å². The second-order valence-corrected chi connectivity index (χ2v) is 3.55. The van der Waals surface area contributed by atoms with Crippen LogP contribution in [0, 0.1) is 5.92 Å². The summed E-state index contributed by atoms with van der Waals surface area (Å²) >= 11 is 3.87. The lowest BCUT2D eigenvalue weighted by atomic mass is 10.0. The smallest absolute Gasteiger partial charge is 0.233 e. The van der Waals surface area contributed by atoms with E-state index in [9.17, 15) is 9.59 Å². The first kappa shape index (κ1) is 11.0. The maximum absolute atomic E-state index is 11.6. The maximum atomic E-state index is 11.6. The predicted molar refractivity (Wildman–Crippen MR) is 57.7 cm³/mol. The molecule has 0 spiro atoms. The highest BCUT2D eigenvalue weighted by Crippen LogP contribution is 2.07. The summed E-state index contributed by atoms with van der Waals surface area (Å²) in [6.45, 7) is 1.75. The molecule has 1 aromatic rings. The molecule has 0 saturated heterocycles. The molecule has 0 saturated carbocycles. The van der Waals surface area contributed by atoms with E-state index in [4.69, 9.17) is 0 Å². The van der Waals surface area contributed by atoms with Gasteiger partial charge in [-0.2, -0.15) is 12.6 Å². The van der Waals surface area contributed by atoms with Gasteiger partial charge in [0.15, 0.2) is 0 Å². The van der Waals surface area contributed by atoms with Crippen molar-refractivity contribution in [2.45, 2.75) is 13.3 Å². The van der Waals surface area contributed by atoms with Crippen LogP contribution < -0.4 is 0 Å². The van der Waals surface area contributed by atoms with Gasteiger partial charge in [-0.3, -0.25) is 14.2 Å². The predicted octanol–water partition coefficient (Wildman–Crippen LogP) is 1.65. The number of ketones is 1. The molecular weight excluding hydrogens is 198 g/mol. The average Bonchev–Trinajstić information content (AvgIpc) is 2.69. The number of rotatable bonds is 4. The molecule has 3 nitrogen and oxygen atoms in total. The fourth-order valence-corrected chi connectivity index (χ4v) is 1.36. The number of aromatic nitrogens is 1. The Kier molecular flexibility index (Phi) is 3.95. The Bertz CT molecular complexity index is 319. The summed E-state index contributed by atoms with van der Waals surface area (Å²) in [6, 6.07) is 3.57. The molecule has 0 amide bonds. The molecule has 1 rings (SSSR count). The first-order valence-corrected chi connectivity index (χ1v) is 5.08. The summed E-state index contributed by atoms with van der Waals surface area (Å²) in [5, 5.41) is 0. The average molecular weight is 211 g/mol. The third kappa shape index (κ3) is 2.73. The van der Waals surface area contributed by atoms with Crippen LogP contribution in [0.3, 0.4) is 0 Å². The number of thiol groups is 1. The molecule has 1 unspecified atom stereocenters. The van der Waals surface area contributed by atoms with Gasteiger partial charge in [0, 0.05) is 30.5 Å². The molecule has 0 N–H and O–H groups in total. The van der Waals surface area contributed by atoms with Crippen LogP contribution in [0.5, 0.6) is 0 Å². The molecule has 0 aliphatic carbocycles. The Morgan fingerprint density at radius 2 is 1.93 bits per heavy atom. The minimum absolute atomic E-state index is 0.00124. The normalized spacial score (nSPS) is 12.4. The zero-order chi connectivity index (χ0) is 10.6. The summed E-state index contributed by atoms with van der Waals surface area (Å²) in [5.41, 5.74) is 0. The van der Waals surface area contributed by atoms with E-state index in [1.807, 2.05) is 0 Å². The van der Waals surface area contributed by atoms with Gasteiger partial charge in [0.1, 0.15) is 5.78 Å². The molecular formula is C10H13NO2S. The number of carbonyl (C=O) groups excluding carboxylic acids is 2. The Morgan fingerprint density at radius 1 is 1.36 bits per heavy atom. The van der Waals surface area contributed by atoms with Gasteiger partial charge in [-0.15, -0.1) is 0 Å². The zero-order valence-electron chi connectivity index (χ0n) is 8.01. The van der Waals surface area contributed by atoms with Crippen LogP contribution in [0.4, 0.5) is 0 Å². The SMILES string of the molecule is CC(CC(=O)CS)C(=O)n1cccc1. The van der Waals surface area contributed by atoms with E-state index < -0.39 is 0 Å². The lowest BCUT2D eigenvalue weighted by molar-refractivity contribution is -0.117. The quantitative estimate of drug-likeness (QED) is 0.769. The van der Waals surface area contributed by atoms with E-state index in [-0.39, 0.29) is 29.8 Å². The second-order valence-electron chi connectivity index (χ2n) is 3.23. The van der Waals surface area contributed by atoms with E-state index in [2.05, 4.69) is 12.6 Å². The van der Waals surface area contributed by atoms with Crippen LogP contribution in [0.1, 0.15) is 18.1 Å². The Labute approximate surface area is 88.5 Å². The van der Waals surface area contributed by atoms with Gasteiger partial charge in [0.05, 0.1) is 0 Å². The zero-order valence-corrected chi connectivity index (χ0v) is 8.91. The molecule has 1 atom stereocenters. The minimum atomic E-state index is -0.276.